The molecule has 0 spiro atoms. The Bertz CT molecular complexity index is 362. The minimum atomic E-state index is -0.0101. The minimum absolute atomic E-state index is 0.0101. The summed E-state index contributed by atoms with van der Waals surface area (Å²) < 4.78 is 0. The van der Waals surface area contributed by atoms with Crippen molar-refractivity contribution in [2.45, 2.75) is 39.0 Å². The number of alkyl halides is 1. The molecule has 1 atom stereocenters. The smallest absolute Gasteiger partial charge is 0.261 e. The number of hydrogen-bond donors (Lipinski definition) is 1. The molecule has 2 nitrogen and oxygen atoms in total. The summed E-state index contributed by atoms with van der Waals surface area (Å²) in [6.45, 7) is 6.89. The molecule has 1 aromatic heterocycles. The fraction of sp³-hybridized carbons (Fsp3) is 0.615. The van der Waals surface area contributed by atoms with Gasteiger partial charge in [0.15, 0.2) is 0 Å². The van der Waals surface area contributed by atoms with E-state index in [9.17, 15) is 4.79 Å². The van der Waals surface area contributed by atoms with Crippen LogP contribution in [-0.2, 0) is 6.42 Å². The molecule has 96 valence electrons. The summed E-state index contributed by atoms with van der Waals surface area (Å²) in [6, 6.07) is 3.89. The Balaban J connectivity index is 2.39. The van der Waals surface area contributed by atoms with Crippen LogP contribution in [0.3, 0.4) is 0 Å². The SMILES string of the molecule is CCc1ccc(C(=O)NCC(Cl)CC(C)C)s1. The van der Waals surface area contributed by atoms with E-state index < -0.39 is 0 Å². The molecule has 0 aliphatic rings. The normalized spacial score (nSPS) is 12.8. The molecule has 0 saturated heterocycles. The molecule has 0 saturated carbocycles. The molecule has 1 unspecified atom stereocenters. The van der Waals surface area contributed by atoms with Gasteiger partial charge in [0.05, 0.1) is 10.3 Å². The van der Waals surface area contributed by atoms with Crippen LogP contribution in [0.25, 0.3) is 0 Å². The van der Waals surface area contributed by atoms with Crippen molar-refractivity contribution in [3.8, 4) is 0 Å². The maximum atomic E-state index is 11.8. The first kappa shape index (κ1) is 14.5. The molecule has 1 aromatic rings. The Morgan fingerprint density at radius 1 is 1.47 bits per heavy atom. The molecule has 0 bridgehead atoms. The number of halogens is 1. The monoisotopic (exact) mass is 273 g/mol. The van der Waals surface area contributed by atoms with E-state index in [2.05, 4.69) is 26.1 Å². The summed E-state index contributed by atoms with van der Waals surface area (Å²) in [5.74, 6) is 0.548. The first-order valence-electron chi connectivity index (χ1n) is 6.03. The van der Waals surface area contributed by atoms with E-state index in [1.807, 2.05) is 12.1 Å². The maximum absolute atomic E-state index is 11.8. The highest BCUT2D eigenvalue weighted by atomic mass is 35.5. The van der Waals surface area contributed by atoms with Gasteiger partial charge in [0.25, 0.3) is 5.91 Å². The van der Waals surface area contributed by atoms with Crippen LogP contribution < -0.4 is 5.32 Å². The first-order valence-corrected chi connectivity index (χ1v) is 7.29. The van der Waals surface area contributed by atoms with E-state index in [-0.39, 0.29) is 11.3 Å². The third-order valence-electron chi connectivity index (χ3n) is 2.45. The molecule has 17 heavy (non-hydrogen) atoms. The summed E-state index contributed by atoms with van der Waals surface area (Å²) in [4.78, 5) is 13.8. The van der Waals surface area contributed by atoms with Gasteiger partial charge in [0.2, 0.25) is 0 Å². The zero-order chi connectivity index (χ0) is 12.8. The molecule has 0 aliphatic carbocycles. The number of hydrogen-bond acceptors (Lipinski definition) is 2. The summed E-state index contributed by atoms with van der Waals surface area (Å²) in [5.41, 5.74) is 0. The molecule has 0 aliphatic heterocycles. The predicted molar refractivity (Wildman–Crippen MR) is 75.1 cm³/mol. The molecule has 1 amide bonds. The van der Waals surface area contributed by atoms with Crippen LogP contribution in [-0.4, -0.2) is 17.8 Å². The molecule has 1 heterocycles. The molecule has 1 N–H and O–H groups in total. The van der Waals surface area contributed by atoms with Gasteiger partial charge in [-0.25, -0.2) is 0 Å². The van der Waals surface area contributed by atoms with Crippen LogP contribution >= 0.6 is 22.9 Å². The van der Waals surface area contributed by atoms with Crippen molar-refractivity contribution in [1.29, 1.82) is 0 Å². The second kappa shape index (κ2) is 7.02. The van der Waals surface area contributed by atoms with Crippen molar-refractivity contribution in [3.63, 3.8) is 0 Å². The number of carbonyl (C=O) groups is 1. The molecule has 4 heteroatoms. The second-order valence-corrected chi connectivity index (χ2v) is 6.34. The summed E-state index contributed by atoms with van der Waals surface area (Å²) in [5, 5.41) is 2.90. The molecule has 1 rings (SSSR count). The molecule has 0 radical (unpaired) electrons. The van der Waals surface area contributed by atoms with Crippen LogP contribution in [0.4, 0.5) is 0 Å². The minimum Gasteiger partial charge on any atom is -0.350 e. The number of aryl methyl sites for hydroxylation is 1. The molecular formula is C13H20ClNOS. The number of amides is 1. The van der Waals surface area contributed by atoms with Crippen molar-refractivity contribution < 1.29 is 4.79 Å². The fourth-order valence-corrected chi connectivity index (χ4v) is 2.87. The average Bonchev–Trinajstić information content (AvgIpc) is 2.73. The number of carbonyl (C=O) groups excluding carboxylic acids is 1. The van der Waals surface area contributed by atoms with Crippen molar-refractivity contribution in [3.05, 3.63) is 21.9 Å². The fourth-order valence-electron chi connectivity index (χ4n) is 1.58. The van der Waals surface area contributed by atoms with E-state index in [0.717, 1.165) is 17.7 Å². The summed E-state index contributed by atoms with van der Waals surface area (Å²) >= 11 is 7.68. The van der Waals surface area contributed by atoms with E-state index in [4.69, 9.17) is 11.6 Å². The van der Waals surface area contributed by atoms with E-state index in [0.29, 0.717) is 12.5 Å². The van der Waals surface area contributed by atoms with Crippen molar-refractivity contribution in [2.24, 2.45) is 5.92 Å². The Morgan fingerprint density at radius 2 is 2.18 bits per heavy atom. The van der Waals surface area contributed by atoms with Gasteiger partial charge in [-0.2, -0.15) is 0 Å². The predicted octanol–water partition coefficient (Wildman–Crippen LogP) is 3.69. The van der Waals surface area contributed by atoms with Crippen LogP contribution in [0.5, 0.6) is 0 Å². The highest BCUT2D eigenvalue weighted by Gasteiger charge is 2.12. The van der Waals surface area contributed by atoms with Gasteiger partial charge >= 0.3 is 0 Å². The highest BCUT2D eigenvalue weighted by Crippen LogP contribution is 2.17. The number of nitrogens with one attached hydrogen (secondary N) is 1. The first-order chi connectivity index (χ1) is 8.02. The third-order valence-corrected chi connectivity index (χ3v) is 4.01. The lowest BCUT2D eigenvalue weighted by Crippen LogP contribution is -2.29. The zero-order valence-corrected chi connectivity index (χ0v) is 12.2. The summed E-state index contributed by atoms with van der Waals surface area (Å²) in [7, 11) is 0. The van der Waals surface area contributed by atoms with Gasteiger partial charge in [0, 0.05) is 11.4 Å². The van der Waals surface area contributed by atoms with Crippen molar-refractivity contribution in [1.82, 2.24) is 5.32 Å². The molecule has 0 aromatic carbocycles. The Morgan fingerprint density at radius 3 is 2.71 bits per heavy atom. The Kier molecular flexibility index (Phi) is 6.00. The van der Waals surface area contributed by atoms with Gasteiger partial charge in [0.1, 0.15) is 0 Å². The number of thiophene rings is 1. The van der Waals surface area contributed by atoms with E-state index >= 15 is 0 Å². The van der Waals surface area contributed by atoms with Gasteiger partial charge < -0.3 is 5.32 Å². The van der Waals surface area contributed by atoms with Gasteiger partial charge in [-0.15, -0.1) is 22.9 Å². The van der Waals surface area contributed by atoms with Gasteiger partial charge in [-0.3, -0.25) is 4.79 Å². The lowest BCUT2D eigenvalue weighted by Gasteiger charge is -2.12. The quantitative estimate of drug-likeness (QED) is 0.787. The summed E-state index contributed by atoms with van der Waals surface area (Å²) in [6.07, 6.45) is 1.90. The largest absolute Gasteiger partial charge is 0.350 e. The van der Waals surface area contributed by atoms with E-state index in [1.54, 1.807) is 11.3 Å². The topological polar surface area (TPSA) is 29.1 Å². The van der Waals surface area contributed by atoms with Crippen LogP contribution in [0.15, 0.2) is 12.1 Å². The van der Waals surface area contributed by atoms with Crippen LogP contribution in [0.2, 0.25) is 0 Å². The lowest BCUT2D eigenvalue weighted by molar-refractivity contribution is 0.0957. The highest BCUT2D eigenvalue weighted by molar-refractivity contribution is 7.14. The van der Waals surface area contributed by atoms with Gasteiger partial charge in [-0.1, -0.05) is 20.8 Å². The van der Waals surface area contributed by atoms with Crippen LogP contribution in [0.1, 0.15) is 41.7 Å². The zero-order valence-electron chi connectivity index (χ0n) is 10.6. The number of rotatable bonds is 6. The molecule has 0 fully saturated rings. The van der Waals surface area contributed by atoms with Crippen LogP contribution in [0, 0.1) is 5.92 Å². The van der Waals surface area contributed by atoms with E-state index in [1.165, 1.54) is 4.88 Å². The average molecular weight is 274 g/mol. The molecular weight excluding hydrogens is 254 g/mol. The Hall–Kier alpha value is -0.540. The maximum Gasteiger partial charge on any atom is 0.261 e. The standard InChI is InChI=1S/C13H20ClNOS/c1-4-11-5-6-12(17-11)13(16)15-8-10(14)7-9(2)3/h5-6,9-10H,4,7-8H2,1-3H3,(H,15,16). The van der Waals surface area contributed by atoms with Crippen molar-refractivity contribution in [2.75, 3.05) is 6.54 Å². The Labute approximate surface area is 112 Å². The second-order valence-electron chi connectivity index (χ2n) is 4.56. The van der Waals surface area contributed by atoms with Gasteiger partial charge in [-0.05, 0) is 30.9 Å². The van der Waals surface area contributed by atoms with Crippen molar-refractivity contribution >= 4 is 28.8 Å². The lowest BCUT2D eigenvalue weighted by atomic mass is 10.1. The third kappa shape index (κ3) is 5.09.